The summed E-state index contributed by atoms with van der Waals surface area (Å²) >= 11 is 0. The molecule has 1 aromatic heterocycles. The minimum Gasteiger partial charge on any atom is -0.460 e. The molecular formula is C29H31N4O8P. The number of rotatable bonds is 11. The van der Waals surface area contributed by atoms with Gasteiger partial charge in [0, 0.05) is 18.0 Å². The lowest BCUT2D eigenvalue weighted by Gasteiger charge is -2.25. The summed E-state index contributed by atoms with van der Waals surface area (Å²) in [5, 5.41) is 14.8. The van der Waals surface area contributed by atoms with E-state index < -0.39 is 43.9 Å². The summed E-state index contributed by atoms with van der Waals surface area (Å²) in [4.78, 5) is 28.7. The number of carbonyl (C=O) groups excluding carboxylic acids is 1. The van der Waals surface area contributed by atoms with Crippen molar-refractivity contribution in [1.29, 1.82) is 0 Å². The Balaban J connectivity index is 1.32. The normalized spacial score (nSPS) is 20.6. The van der Waals surface area contributed by atoms with E-state index >= 15 is 0 Å². The van der Waals surface area contributed by atoms with Crippen LogP contribution in [0.15, 0.2) is 89.9 Å². The van der Waals surface area contributed by atoms with Crippen molar-refractivity contribution in [2.45, 2.75) is 44.4 Å². The van der Waals surface area contributed by atoms with E-state index in [-0.39, 0.29) is 31.2 Å². The Morgan fingerprint density at radius 2 is 1.88 bits per heavy atom. The highest BCUT2D eigenvalue weighted by Crippen LogP contribution is 2.47. The average Bonchev–Trinajstić information content (AvgIpc) is 3.35. The molecule has 3 aromatic carbocycles. The van der Waals surface area contributed by atoms with Crippen LogP contribution in [0.2, 0.25) is 0 Å². The van der Waals surface area contributed by atoms with E-state index in [1.54, 1.807) is 18.2 Å². The van der Waals surface area contributed by atoms with E-state index in [2.05, 4.69) is 10.1 Å². The number of ether oxygens (including phenoxy) is 2. The topological polar surface area (TPSA) is 164 Å². The van der Waals surface area contributed by atoms with E-state index in [4.69, 9.17) is 24.3 Å². The molecule has 5 atom stereocenters. The summed E-state index contributed by atoms with van der Waals surface area (Å²) in [6, 6.07) is 22.1. The number of carbonyl (C=O) groups is 1. The number of fused-ring (bicyclic) bond motifs is 1. The molecule has 4 N–H and O–H groups in total. The van der Waals surface area contributed by atoms with Crippen molar-refractivity contribution in [2.24, 2.45) is 0 Å². The van der Waals surface area contributed by atoms with Crippen LogP contribution in [0.1, 0.15) is 25.1 Å². The smallest absolute Gasteiger partial charge is 0.459 e. The number of nitrogens with two attached hydrogens (primary N) is 1. The average molecular weight is 595 g/mol. The van der Waals surface area contributed by atoms with E-state index in [1.807, 2.05) is 54.6 Å². The van der Waals surface area contributed by atoms with Gasteiger partial charge >= 0.3 is 19.4 Å². The van der Waals surface area contributed by atoms with Crippen molar-refractivity contribution in [3.05, 3.63) is 101 Å². The molecule has 0 aliphatic carbocycles. The van der Waals surface area contributed by atoms with Gasteiger partial charge in [0.2, 0.25) is 0 Å². The molecule has 4 aromatic rings. The lowest BCUT2D eigenvalue weighted by atomic mass is 10.1. The third-order valence-electron chi connectivity index (χ3n) is 6.67. The van der Waals surface area contributed by atoms with Gasteiger partial charge in [0.05, 0.1) is 12.7 Å². The van der Waals surface area contributed by atoms with Gasteiger partial charge in [0.25, 0.3) is 0 Å². The monoisotopic (exact) mass is 594 g/mol. The van der Waals surface area contributed by atoms with Crippen LogP contribution in [0.3, 0.4) is 0 Å². The number of aromatic nitrogens is 2. The van der Waals surface area contributed by atoms with E-state index in [1.165, 1.54) is 23.8 Å². The molecule has 220 valence electrons. The number of aliphatic hydroxyl groups excluding tert-OH is 1. The Kier molecular flexibility index (Phi) is 9.00. The number of nitrogen functional groups attached to an aromatic ring is 1. The second kappa shape index (κ2) is 12.8. The zero-order valence-electron chi connectivity index (χ0n) is 22.7. The molecule has 0 spiro atoms. The molecule has 2 heterocycles. The fourth-order valence-electron chi connectivity index (χ4n) is 4.49. The Morgan fingerprint density at radius 3 is 2.67 bits per heavy atom. The van der Waals surface area contributed by atoms with Crippen LogP contribution < -0.4 is 21.0 Å². The number of nitrogens with one attached hydrogen (secondary N) is 1. The summed E-state index contributed by atoms with van der Waals surface area (Å²) in [5.74, 6) is -0.348. The van der Waals surface area contributed by atoms with Crippen LogP contribution in [0.4, 0.5) is 5.82 Å². The van der Waals surface area contributed by atoms with Crippen molar-refractivity contribution < 1.29 is 33.0 Å². The third-order valence-corrected chi connectivity index (χ3v) is 8.30. The molecule has 0 saturated carbocycles. The molecule has 5 rings (SSSR count). The van der Waals surface area contributed by atoms with Crippen molar-refractivity contribution >= 4 is 30.3 Å². The van der Waals surface area contributed by atoms with Gasteiger partial charge in [-0.25, -0.2) is 9.36 Å². The first-order chi connectivity index (χ1) is 20.2. The van der Waals surface area contributed by atoms with Crippen molar-refractivity contribution in [3.8, 4) is 5.75 Å². The van der Waals surface area contributed by atoms with Crippen LogP contribution in [0.5, 0.6) is 5.75 Å². The van der Waals surface area contributed by atoms with E-state index in [0.717, 1.165) is 10.9 Å². The van der Waals surface area contributed by atoms with E-state index in [9.17, 15) is 19.3 Å². The lowest BCUT2D eigenvalue weighted by Crippen LogP contribution is -2.36. The molecule has 2 unspecified atom stereocenters. The standard InChI is InChI=1S/C29H31N4O8P/c1-19(28(35)38-17-20-8-3-2-4-9-20)32-42(37,41-24-13-7-11-21-10-5-6-12-22(21)24)39-18-25-23(34)16-27(40-25)33-15-14-26(30)31-29(33)36/h2-15,19,23,25,27,34H,16-18H2,1H3,(H,32,37)(H2,30,31,36)/t19-,23+,25?,27+,42?/m0/s1. The first kappa shape index (κ1) is 29.4. The lowest BCUT2D eigenvalue weighted by molar-refractivity contribution is -0.146. The van der Waals surface area contributed by atoms with Crippen molar-refractivity contribution in [1.82, 2.24) is 14.6 Å². The molecule has 1 aliphatic rings. The number of aliphatic hydroxyl groups is 1. The molecule has 1 saturated heterocycles. The van der Waals surface area contributed by atoms with Crippen LogP contribution in [-0.2, 0) is 30.0 Å². The summed E-state index contributed by atoms with van der Waals surface area (Å²) in [7, 11) is -4.28. The van der Waals surface area contributed by atoms with Gasteiger partial charge in [-0.1, -0.05) is 66.7 Å². The van der Waals surface area contributed by atoms with Crippen LogP contribution in [0.25, 0.3) is 10.8 Å². The highest BCUT2D eigenvalue weighted by molar-refractivity contribution is 7.52. The Labute approximate surface area is 241 Å². The predicted octanol–water partition coefficient (Wildman–Crippen LogP) is 3.55. The van der Waals surface area contributed by atoms with Gasteiger partial charge in [-0.2, -0.15) is 10.1 Å². The summed E-state index contributed by atoms with van der Waals surface area (Å²) in [6.07, 6.45) is -1.38. The molecule has 0 bridgehead atoms. The van der Waals surface area contributed by atoms with E-state index in [0.29, 0.717) is 5.39 Å². The molecule has 12 nitrogen and oxygen atoms in total. The fourth-order valence-corrected chi connectivity index (χ4v) is 6.01. The summed E-state index contributed by atoms with van der Waals surface area (Å²) in [6.45, 7) is 1.13. The SMILES string of the molecule is C[C@H](NP(=O)(OCC1O[C@@H](n2ccc(N)nc2=O)C[C@H]1O)Oc1cccc2ccccc12)C(=O)OCc1ccccc1. The number of nitrogens with zero attached hydrogens (tertiary/aromatic N) is 2. The van der Waals surface area contributed by atoms with Gasteiger partial charge in [-0.15, -0.1) is 0 Å². The number of benzene rings is 3. The van der Waals surface area contributed by atoms with Crippen LogP contribution in [-0.4, -0.2) is 45.5 Å². The second-order valence-electron chi connectivity index (χ2n) is 9.78. The summed E-state index contributed by atoms with van der Waals surface area (Å²) < 4.78 is 38.3. The quantitative estimate of drug-likeness (QED) is 0.172. The molecule has 0 radical (unpaired) electrons. The van der Waals surface area contributed by atoms with Crippen LogP contribution >= 0.6 is 7.75 Å². The Bertz CT molecular complexity index is 1640. The van der Waals surface area contributed by atoms with Gasteiger partial charge in [0.1, 0.15) is 36.5 Å². The number of esters is 1. The van der Waals surface area contributed by atoms with Gasteiger partial charge in [0.15, 0.2) is 0 Å². The fraction of sp³-hybridized carbons (Fsp3) is 0.276. The minimum atomic E-state index is -4.28. The maximum atomic E-state index is 14.1. The largest absolute Gasteiger partial charge is 0.460 e. The molecular weight excluding hydrogens is 563 g/mol. The number of hydrogen-bond acceptors (Lipinski definition) is 10. The number of anilines is 1. The molecule has 0 amide bonds. The molecule has 42 heavy (non-hydrogen) atoms. The van der Waals surface area contributed by atoms with Gasteiger partial charge < -0.3 is 24.8 Å². The number of hydrogen-bond donors (Lipinski definition) is 3. The highest BCUT2D eigenvalue weighted by Gasteiger charge is 2.39. The van der Waals surface area contributed by atoms with Crippen molar-refractivity contribution in [2.75, 3.05) is 12.3 Å². The molecule has 1 aliphatic heterocycles. The molecule has 1 fully saturated rings. The zero-order chi connectivity index (χ0) is 29.7. The van der Waals surface area contributed by atoms with Crippen molar-refractivity contribution in [3.63, 3.8) is 0 Å². The first-order valence-electron chi connectivity index (χ1n) is 13.3. The van der Waals surface area contributed by atoms with Gasteiger partial charge in [-0.05, 0) is 30.0 Å². The Morgan fingerprint density at radius 1 is 1.14 bits per heavy atom. The summed E-state index contributed by atoms with van der Waals surface area (Å²) in [5.41, 5.74) is 5.72. The Hall–Kier alpha value is -4.06. The minimum absolute atomic E-state index is 0.0316. The highest BCUT2D eigenvalue weighted by atomic mass is 31.2. The predicted molar refractivity (Wildman–Crippen MR) is 154 cm³/mol. The van der Waals surface area contributed by atoms with Gasteiger partial charge in [-0.3, -0.25) is 13.9 Å². The third kappa shape index (κ3) is 7.04. The van der Waals surface area contributed by atoms with Crippen LogP contribution in [0, 0.1) is 0 Å². The zero-order valence-corrected chi connectivity index (χ0v) is 23.6. The maximum absolute atomic E-state index is 14.1. The maximum Gasteiger partial charge on any atom is 0.459 e. The first-order valence-corrected chi connectivity index (χ1v) is 14.8. The second-order valence-corrected chi connectivity index (χ2v) is 11.5. The molecule has 13 heteroatoms.